The van der Waals surface area contributed by atoms with Gasteiger partial charge in [-0.1, -0.05) is 6.07 Å². The molecule has 0 aliphatic rings. The van der Waals surface area contributed by atoms with Crippen LogP contribution in [0.4, 0.5) is 0 Å². The Balaban J connectivity index is 1.62. The van der Waals surface area contributed by atoms with Gasteiger partial charge < -0.3 is 0 Å². The Morgan fingerprint density at radius 3 is 2.54 bits per heavy atom. The Hall–Kier alpha value is -3.75. The number of rotatable bonds is 2. The monoisotopic (exact) mass is 377 g/mol. The fraction of sp³-hybridized carbons (Fsp3) is 0.211. The summed E-state index contributed by atoms with van der Waals surface area (Å²) < 4.78 is 3.31. The second-order valence-electron chi connectivity index (χ2n) is 6.60. The van der Waals surface area contributed by atoms with Crippen molar-refractivity contribution in [3.63, 3.8) is 0 Å². The standard InChI is InChI=1S/C19H19N7O2/c1-10-9-13(15-11(2)24-25(4)17(15)20-10)18(27)22-23-19(28)16-12(3)21-14-7-5-6-8-26(14)16/h5-9H,1-4H3,(H,22,27)(H,23,28). The molecule has 2 N–H and O–H groups in total. The van der Waals surface area contributed by atoms with Crippen LogP contribution >= 0.6 is 0 Å². The molecule has 0 fully saturated rings. The second kappa shape index (κ2) is 6.45. The lowest BCUT2D eigenvalue weighted by molar-refractivity contribution is 0.0843. The number of imidazole rings is 1. The molecule has 9 heteroatoms. The van der Waals surface area contributed by atoms with Gasteiger partial charge in [-0.25, -0.2) is 9.97 Å². The van der Waals surface area contributed by atoms with Crippen molar-refractivity contribution in [1.29, 1.82) is 0 Å². The van der Waals surface area contributed by atoms with Gasteiger partial charge in [0.05, 0.1) is 22.3 Å². The van der Waals surface area contributed by atoms with Crippen molar-refractivity contribution in [2.45, 2.75) is 20.8 Å². The van der Waals surface area contributed by atoms with E-state index < -0.39 is 11.8 Å². The maximum atomic E-state index is 12.8. The summed E-state index contributed by atoms with van der Waals surface area (Å²) in [4.78, 5) is 34.2. The summed E-state index contributed by atoms with van der Waals surface area (Å²) in [5.74, 6) is -0.888. The molecular formula is C19H19N7O2. The van der Waals surface area contributed by atoms with Gasteiger partial charge in [0, 0.05) is 18.9 Å². The predicted octanol–water partition coefficient (Wildman–Crippen LogP) is 1.62. The molecular weight excluding hydrogens is 358 g/mol. The number of hydrazine groups is 1. The fourth-order valence-electron chi connectivity index (χ4n) is 3.38. The number of amides is 2. The number of pyridine rings is 2. The van der Waals surface area contributed by atoms with E-state index in [9.17, 15) is 9.59 Å². The van der Waals surface area contributed by atoms with Crippen LogP contribution in [0.1, 0.15) is 37.9 Å². The molecule has 0 bridgehead atoms. The summed E-state index contributed by atoms with van der Waals surface area (Å²) in [5, 5.41) is 4.99. The topological polar surface area (TPSA) is 106 Å². The van der Waals surface area contributed by atoms with Crippen LogP contribution in [0.5, 0.6) is 0 Å². The molecule has 0 saturated carbocycles. The molecule has 28 heavy (non-hydrogen) atoms. The molecule has 0 unspecified atom stereocenters. The van der Waals surface area contributed by atoms with Gasteiger partial charge in [0.25, 0.3) is 11.8 Å². The first-order valence-corrected chi connectivity index (χ1v) is 8.72. The van der Waals surface area contributed by atoms with Gasteiger partial charge >= 0.3 is 0 Å². The molecule has 4 aromatic rings. The maximum Gasteiger partial charge on any atom is 0.288 e. The van der Waals surface area contributed by atoms with Gasteiger partial charge in [-0.3, -0.25) is 29.5 Å². The highest BCUT2D eigenvalue weighted by atomic mass is 16.2. The Morgan fingerprint density at radius 1 is 1.00 bits per heavy atom. The number of nitrogens with one attached hydrogen (secondary N) is 2. The third-order valence-electron chi connectivity index (χ3n) is 4.55. The number of hydrogen-bond acceptors (Lipinski definition) is 5. The molecule has 4 rings (SSSR count). The third kappa shape index (κ3) is 2.77. The molecule has 0 atom stereocenters. The number of aryl methyl sites for hydroxylation is 4. The Morgan fingerprint density at radius 2 is 1.75 bits per heavy atom. The van der Waals surface area contributed by atoms with Crippen LogP contribution in [0.25, 0.3) is 16.7 Å². The normalized spacial score (nSPS) is 11.1. The highest BCUT2D eigenvalue weighted by Gasteiger charge is 2.20. The van der Waals surface area contributed by atoms with Crippen LogP contribution in [0.2, 0.25) is 0 Å². The molecule has 9 nitrogen and oxygen atoms in total. The zero-order valence-corrected chi connectivity index (χ0v) is 15.9. The average Bonchev–Trinajstić information content (AvgIpc) is 3.14. The summed E-state index contributed by atoms with van der Waals surface area (Å²) >= 11 is 0. The van der Waals surface area contributed by atoms with E-state index in [4.69, 9.17) is 0 Å². The number of aromatic nitrogens is 5. The summed E-state index contributed by atoms with van der Waals surface area (Å²) in [6.45, 7) is 5.37. The molecule has 0 saturated heterocycles. The van der Waals surface area contributed by atoms with E-state index in [1.54, 1.807) is 42.2 Å². The van der Waals surface area contributed by atoms with Crippen molar-refractivity contribution < 1.29 is 9.59 Å². The second-order valence-corrected chi connectivity index (χ2v) is 6.60. The largest absolute Gasteiger partial charge is 0.295 e. The first-order chi connectivity index (χ1) is 13.4. The zero-order chi connectivity index (χ0) is 20.0. The minimum absolute atomic E-state index is 0.365. The molecule has 2 amide bonds. The van der Waals surface area contributed by atoms with Crippen LogP contribution in [-0.4, -0.2) is 36.0 Å². The molecule has 0 radical (unpaired) electrons. The smallest absolute Gasteiger partial charge is 0.288 e. The van der Waals surface area contributed by atoms with Gasteiger partial charge in [0.2, 0.25) is 0 Å². The molecule has 0 aliphatic heterocycles. The van der Waals surface area contributed by atoms with Gasteiger partial charge in [0.15, 0.2) is 5.65 Å². The van der Waals surface area contributed by atoms with E-state index in [2.05, 4.69) is 25.9 Å². The highest BCUT2D eigenvalue weighted by molar-refractivity contribution is 6.07. The Labute approximate surface area is 160 Å². The minimum atomic E-state index is -0.450. The molecule has 142 valence electrons. The predicted molar refractivity (Wildman–Crippen MR) is 103 cm³/mol. The first kappa shape index (κ1) is 17.7. The van der Waals surface area contributed by atoms with Crippen molar-refractivity contribution in [2.75, 3.05) is 0 Å². The van der Waals surface area contributed by atoms with E-state index in [1.165, 1.54) is 0 Å². The number of carbonyl (C=O) groups is 2. The summed E-state index contributed by atoms with van der Waals surface area (Å²) in [6, 6.07) is 7.14. The van der Waals surface area contributed by atoms with Crippen molar-refractivity contribution in [3.8, 4) is 0 Å². The van der Waals surface area contributed by atoms with Crippen molar-refractivity contribution in [1.82, 2.24) is 35.0 Å². The fourth-order valence-corrected chi connectivity index (χ4v) is 3.38. The van der Waals surface area contributed by atoms with Crippen LogP contribution in [0, 0.1) is 20.8 Å². The molecule has 0 aliphatic carbocycles. The van der Waals surface area contributed by atoms with Crippen molar-refractivity contribution in [3.05, 3.63) is 58.8 Å². The highest BCUT2D eigenvalue weighted by Crippen LogP contribution is 2.21. The van der Waals surface area contributed by atoms with E-state index >= 15 is 0 Å². The van der Waals surface area contributed by atoms with Gasteiger partial charge in [-0.05, 0) is 39.0 Å². The maximum absolute atomic E-state index is 12.8. The SMILES string of the molecule is Cc1cc(C(=O)NNC(=O)c2c(C)nc3ccccn23)c2c(C)nn(C)c2n1. The van der Waals surface area contributed by atoms with Gasteiger partial charge in [-0.15, -0.1) is 0 Å². The van der Waals surface area contributed by atoms with Crippen LogP contribution in [0.3, 0.4) is 0 Å². The van der Waals surface area contributed by atoms with E-state index in [1.807, 2.05) is 25.1 Å². The molecule has 4 heterocycles. The van der Waals surface area contributed by atoms with E-state index in [0.717, 1.165) is 0 Å². The Kier molecular flexibility index (Phi) is 4.07. The molecule has 0 aromatic carbocycles. The summed E-state index contributed by atoms with van der Waals surface area (Å²) in [5.41, 5.74) is 8.97. The number of nitrogens with zero attached hydrogens (tertiary/aromatic N) is 5. The lowest BCUT2D eigenvalue weighted by Crippen LogP contribution is -2.42. The number of carbonyl (C=O) groups excluding carboxylic acids is 2. The summed E-state index contributed by atoms with van der Waals surface area (Å²) in [7, 11) is 1.78. The Bertz CT molecular complexity index is 1250. The summed E-state index contributed by atoms with van der Waals surface area (Å²) in [6.07, 6.45) is 1.75. The minimum Gasteiger partial charge on any atom is -0.295 e. The first-order valence-electron chi connectivity index (χ1n) is 8.72. The van der Waals surface area contributed by atoms with E-state index in [0.29, 0.717) is 45.0 Å². The van der Waals surface area contributed by atoms with Gasteiger partial charge in [-0.2, -0.15) is 5.10 Å². The number of hydrogen-bond donors (Lipinski definition) is 2. The van der Waals surface area contributed by atoms with Crippen LogP contribution in [0.15, 0.2) is 30.5 Å². The molecule has 0 spiro atoms. The lowest BCUT2D eigenvalue weighted by atomic mass is 10.1. The van der Waals surface area contributed by atoms with Crippen LogP contribution in [-0.2, 0) is 7.05 Å². The van der Waals surface area contributed by atoms with Crippen molar-refractivity contribution in [2.24, 2.45) is 7.05 Å². The van der Waals surface area contributed by atoms with E-state index in [-0.39, 0.29) is 0 Å². The lowest BCUT2D eigenvalue weighted by Gasteiger charge is -2.09. The number of fused-ring (bicyclic) bond motifs is 2. The molecule has 4 aromatic heterocycles. The quantitative estimate of drug-likeness (QED) is 0.516. The third-order valence-corrected chi connectivity index (χ3v) is 4.55. The van der Waals surface area contributed by atoms with Crippen LogP contribution < -0.4 is 10.9 Å². The van der Waals surface area contributed by atoms with Gasteiger partial charge in [0.1, 0.15) is 11.3 Å². The van der Waals surface area contributed by atoms with Crippen molar-refractivity contribution >= 4 is 28.5 Å². The average molecular weight is 377 g/mol. The zero-order valence-electron chi connectivity index (χ0n) is 15.9.